The number of rotatable bonds is 6. The van der Waals surface area contributed by atoms with Crippen LogP contribution < -0.4 is 14.8 Å². The van der Waals surface area contributed by atoms with E-state index in [-0.39, 0.29) is 25.1 Å². The van der Waals surface area contributed by atoms with E-state index in [0.717, 1.165) is 0 Å². The Morgan fingerprint density at radius 1 is 1.35 bits per heavy atom. The first kappa shape index (κ1) is 15.2. The Balaban J connectivity index is 1.59. The summed E-state index contributed by atoms with van der Waals surface area (Å²) in [6.45, 7) is 0.138. The van der Waals surface area contributed by atoms with Crippen LogP contribution >= 0.6 is 11.8 Å². The van der Waals surface area contributed by atoms with Crippen molar-refractivity contribution in [2.24, 2.45) is 0 Å². The number of carboxylic acid groups (broad SMARTS) is 1. The first-order valence-electron chi connectivity index (χ1n) is 6.60. The molecule has 120 valence electrons. The molecule has 1 aromatic carbocycles. The van der Waals surface area contributed by atoms with E-state index in [1.165, 1.54) is 11.8 Å². The van der Waals surface area contributed by atoms with E-state index in [9.17, 15) is 9.59 Å². The molecule has 0 bridgehead atoms. The molecule has 2 aromatic rings. The number of benzene rings is 1. The van der Waals surface area contributed by atoms with E-state index >= 15 is 0 Å². The standard InChI is InChI=1S/C13H12N4O5S/c18-10(19)3-4-23-13-15-12(16-17-13)14-11(20)7-1-2-8-9(5-7)22-6-21-8/h1-2,5H,3-4,6H2,(H,18,19)(H2,14,15,16,17,20). The molecular weight excluding hydrogens is 324 g/mol. The van der Waals surface area contributed by atoms with Crippen molar-refractivity contribution in [2.45, 2.75) is 11.6 Å². The SMILES string of the molecule is O=C(O)CCSc1n[nH]c(NC(=O)c2ccc3c(c2)OCO3)n1. The summed E-state index contributed by atoms with van der Waals surface area (Å²) in [5.41, 5.74) is 0.394. The van der Waals surface area contributed by atoms with E-state index in [0.29, 0.717) is 28.0 Å². The number of carbonyl (C=O) groups excluding carboxylic acids is 1. The van der Waals surface area contributed by atoms with E-state index in [1.807, 2.05) is 0 Å². The van der Waals surface area contributed by atoms with Crippen LogP contribution in [0.25, 0.3) is 0 Å². The van der Waals surface area contributed by atoms with Gasteiger partial charge in [-0.2, -0.15) is 4.98 Å². The molecule has 0 fully saturated rings. The number of H-pyrrole nitrogens is 1. The highest BCUT2D eigenvalue weighted by Crippen LogP contribution is 2.32. The van der Waals surface area contributed by atoms with Crippen molar-refractivity contribution in [3.05, 3.63) is 23.8 Å². The Morgan fingerprint density at radius 2 is 2.17 bits per heavy atom. The maximum Gasteiger partial charge on any atom is 0.304 e. The Morgan fingerprint density at radius 3 is 3.00 bits per heavy atom. The number of aromatic nitrogens is 3. The van der Waals surface area contributed by atoms with Crippen LogP contribution in [0.5, 0.6) is 11.5 Å². The van der Waals surface area contributed by atoms with Gasteiger partial charge in [-0.15, -0.1) is 5.10 Å². The molecule has 0 aliphatic carbocycles. The number of amides is 1. The Kier molecular flexibility index (Phi) is 4.33. The molecule has 3 N–H and O–H groups in total. The summed E-state index contributed by atoms with van der Waals surface area (Å²) in [4.78, 5) is 26.6. The van der Waals surface area contributed by atoms with E-state index in [1.54, 1.807) is 18.2 Å². The summed E-state index contributed by atoms with van der Waals surface area (Å²) in [6, 6.07) is 4.85. The molecule has 23 heavy (non-hydrogen) atoms. The molecule has 10 heteroatoms. The van der Waals surface area contributed by atoms with Crippen molar-refractivity contribution < 1.29 is 24.2 Å². The largest absolute Gasteiger partial charge is 0.481 e. The number of aliphatic carboxylic acids is 1. The molecule has 3 rings (SSSR count). The van der Waals surface area contributed by atoms with Gasteiger partial charge in [0.05, 0.1) is 6.42 Å². The number of nitrogens with zero attached hydrogens (tertiary/aromatic N) is 2. The van der Waals surface area contributed by atoms with Crippen molar-refractivity contribution in [3.8, 4) is 11.5 Å². The van der Waals surface area contributed by atoms with Gasteiger partial charge in [-0.1, -0.05) is 11.8 Å². The Hall–Kier alpha value is -2.75. The normalized spacial score (nSPS) is 12.2. The zero-order valence-corrected chi connectivity index (χ0v) is 12.6. The third-order valence-electron chi connectivity index (χ3n) is 2.88. The van der Waals surface area contributed by atoms with Gasteiger partial charge in [0.2, 0.25) is 17.9 Å². The third-order valence-corrected chi connectivity index (χ3v) is 3.73. The van der Waals surface area contributed by atoms with Gasteiger partial charge in [0, 0.05) is 11.3 Å². The molecular formula is C13H12N4O5S. The lowest BCUT2D eigenvalue weighted by Gasteiger charge is -2.02. The van der Waals surface area contributed by atoms with Gasteiger partial charge >= 0.3 is 5.97 Å². The molecule has 1 aromatic heterocycles. The fourth-order valence-electron chi connectivity index (χ4n) is 1.81. The van der Waals surface area contributed by atoms with Crippen LogP contribution in [-0.4, -0.2) is 44.7 Å². The Bertz CT molecular complexity index is 748. The number of nitrogens with one attached hydrogen (secondary N) is 2. The molecule has 0 saturated heterocycles. The predicted octanol–water partition coefficient (Wildman–Crippen LogP) is 1.35. The summed E-state index contributed by atoms with van der Waals surface area (Å²) >= 11 is 1.19. The lowest BCUT2D eigenvalue weighted by molar-refractivity contribution is -0.136. The summed E-state index contributed by atoms with van der Waals surface area (Å²) in [6.07, 6.45) is 0.0120. The van der Waals surface area contributed by atoms with Crippen LogP contribution in [-0.2, 0) is 4.79 Å². The van der Waals surface area contributed by atoms with Gasteiger partial charge in [0.25, 0.3) is 5.91 Å². The minimum Gasteiger partial charge on any atom is -0.481 e. The highest BCUT2D eigenvalue weighted by Gasteiger charge is 2.17. The number of fused-ring (bicyclic) bond motifs is 1. The number of aromatic amines is 1. The van der Waals surface area contributed by atoms with Gasteiger partial charge in [0.15, 0.2) is 11.5 Å². The number of anilines is 1. The Labute approximate surface area is 134 Å². The minimum absolute atomic E-state index is 0.0120. The predicted molar refractivity (Wildman–Crippen MR) is 79.9 cm³/mol. The zero-order valence-electron chi connectivity index (χ0n) is 11.7. The zero-order chi connectivity index (χ0) is 16.2. The van der Waals surface area contributed by atoms with Crippen LogP contribution in [0.4, 0.5) is 5.95 Å². The molecule has 1 aliphatic heterocycles. The molecule has 0 unspecified atom stereocenters. The average molecular weight is 336 g/mol. The topological polar surface area (TPSA) is 126 Å². The van der Waals surface area contributed by atoms with Gasteiger partial charge < -0.3 is 14.6 Å². The maximum atomic E-state index is 12.1. The molecule has 1 aliphatic rings. The second kappa shape index (κ2) is 6.57. The highest BCUT2D eigenvalue weighted by molar-refractivity contribution is 7.99. The number of thioether (sulfide) groups is 1. The van der Waals surface area contributed by atoms with Crippen LogP contribution in [0, 0.1) is 0 Å². The minimum atomic E-state index is -0.885. The smallest absolute Gasteiger partial charge is 0.304 e. The second-order valence-electron chi connectivity index (χ2n) is 4.48. The van der Waals surface area contributed by atoms with Crippen LogP contribution in [0.2, 0.25) is 0 Å². The molecule has 0 spiro atoms. The maximum absolute atomic E-state index is 12.1. The number of carboxylic acids is 1. The van der Waals surface area contributed by atoms with Crippen LogP contribution in [0.3, 0.4) is 0 Å². The quantitative estimate of drug-likeness (QED) is 0.675. The van der Waals surface area contributed by atoms with Gasteiger partial charge in [-0.25, -0.2) is 5.10 Å². The lowest BCUT2D eigenvalue weighted by Crippen LogP contribution is -2.12. The fourth-order valence-corrected chi connectivity index (χ4v) is 2.54. The van der Waals surface area contributed by atoms with Gasteiger partial charge in [-0.05, 0) is 18.2 Å². The van der Waals surface area contributed by atoms with E-state index in [4.69, 9.17) is 14.6 Å². The van der Waals surface area contributed by atoms with Gasteiger partial charge in [-0.3, -0.25) is 14.9 Å². The van der Waals surface area contributed by atoms with Crippen molar-refractivity contribution >= 4 is 29.6 Å². The van der Waals surface area contributed by atoms with Crippen molar-refractivity contribution in [2.75, 3.05) is 17.9 Å². The van der Waals surface area contributed by atoms with E-state index in [2.05, 4.69) is 20.5 Å². The first-order valence-corrected chi connectivity index (χ1v) is 7.58. The summed E-state index contributed by atoms with van der Waals surface area (Å²) in [7, 11) is 0. The third kappa shape index (κ3) is 3.72. The van der Waals surface area contributed by atoms with Gasteiger partial charge in [0.1, 0.15) is 0 Å². The number of hydrogen-bond acceptors (Lipinski definition) is 7. The molecule has 1 amide bonds. The molecule has 0 atom stereocenters. The fraction of sp³-hybridized carbons (Fsp3) is 0.231. The van der Waals surface area contributed by atoms with Crippen LogP contribution in [0.1, 0.15) is 16.8 Å². The summed E-state index contributed by atoms with van der Waals surface area (Å²) < 4.78 is 10.4. The summed E-state index contributed by atoms with van der Waals surface area (Å²) in [5, 5.41) is 18.0. The molecule has 0 saturated carbocycles. The summed E-state index contributed by atoms with van der Waals surface area (Å²) in [5.74, 6) is 0.387. The van der Waals surface area contributed by atoms with E-state index < -0.39 is 5.97 Å². The monoisotopic (exact) mass is 336 g/mol. The molecule has 2 heterocycles. The highest BCUT2D eigenvalue weighted by atomic mass is 32.2. The number of hydrogen-bond donors (Lipinski definition) is 3. The molecule has 9 nitrogen and oxygen atoms in total. The lowest BCUT2D eigenvalue weighted by atomic mass is 10.2. The first-order chi connectivity index (χ1) is 11.1. The average Bonchev–Trinajstić information content (AvgIpc) is 3.15. The van der Waals surface area contributed by atoms with Crippen LogP contribution in [0.15, 0.2) is 23.4 Å². The second-order valence-corrected chi connectivity index (χ2v) is 5.54. The van der Waals surface area contributed by atoms with Crippen molar-refractivity contribution in [3.63, 3.8) is 0 Å². The number of carbonyl (C=O) groups is 2. The molecule has 0 radical (unpaired) electrons. The van der Waals surface area contributed by atoms with Crippen molar-refractivity contribution in [1.29, 1.82) is 0 Å². The van der Waals surface area contributed by atoms with Crippen molar-refractivity contribution in [1.82, 2.24) is 15.2 Å². The number of ether oxygens (including phenoxy) is 2.